The standard InChI is InChI=1S/C15H22N2O2.ClH/c1-10-6-7-14-13(8-10)17(9-11(2)16(4)5)15(18)12(3)19-14;/h6-8,11-12H,9H2,1-5H3;1H. The number of nitrogens with zero attached hydrogens (tertiary/aromatic N) is 1. The van der Waals surface area contributed by atoms with E-state index in [2.05, 4.69) is 21.0 Å². The summed E-state index contributed by atoms with van der Waals surface area (Å²) in [6.45, 7) is 6.70. The molecule has 4 nitrogen and oxygen atoms in total. The second-order valence-corrected chi connectivity index (χ2v) is 5.66. The summed E-state index contributed by atoms with van der Waals surface area (Å²) in [5.41, 5.74) is 2.04. The van der Waals surface area contributed by atoms with Crippen LogP contribution in [0.15, 0.2) is 18.2 Å². The summed E-state index contributed by atoms with van der Waals surface area (Å²) in [4.78, 5) is 15.6. The van der Waals surface area contributed by atoms with Crippen LogP contribution in [0.2, 0.25) is 0 Å². The Labute approximate surface area is 127 Å². The van der Waals surface area contributed by atoms with Crippen LogP contribution >= 0.6 is 0 Å². The SMILES string of the molecule is Cc1ccc2c(c1)N(CC(C)[NH+](C)C)C(=O)C(C)O2.[Cl-]. The number of nitrogens with one attached hydrogen (secondary N) is 1. The maximum atomic E-state index is 12.3. The van der Waals surface area contributed by atoms with Gasteiger partial charge in [-0.3, -0.25) is 9.69 Å². The smallest absolute Gasteiger partial charge is 0.268 e. The van der Waals surface area contributed by atoms with Gasteiger partial charge in [0.15, 0.2) is 6.10 Å². The Morgan fingerprint density at radius 2 is 2.05 bits per heavy atom. The summed E-state index contributed by atoms with van der Waals surface area (Å²) < 4.78 is 5.67. The van der Waals surface area contributed by atoms with Gasteiger partial charge in [0.05, 0.1) is 26.3 Å². The molecule has 1 heterocycles. The molecule has 0 radical (unpaired) electrons. The number of amides is 1. The minimum Gasteiger partial charge on any atom is -1.00 e. The van der Waals surface area contributed by atoms with Gasteiger partial charge in [-0.1, -0.05) is 6.07 Å². The number of aryl methyl sites for hydroxylation is 1. The van der Waals surface area contributed by atoms with Crippen LogP contribution in [0, 0.1) is 6.92 Å². The number of hydrogen-bond acceptors (Lipinski definition) is 2. The Morgan fingerprint density at radius 1 is 1.40 bits per heavy atom. The van der Waals surface area contributed by atoms with Crippen molar-refractivity contribution in [3.63, 3.8) is 0 Å². The van der Waals surface area contributed by atoms with Gasteiger partial charge >= 0.3 is 0 Å². The van der Waals surface area contributed by atoms with Crippen molar-refractivity contribution in [1.82, 2.24) is 0 Å². The third-order valence-electron chi connectivity index (χ3n) is 3.76. The highest BCUT2D eigenvalue weighted by atomic mass is 35.5. The molecule has 1 aromatic carbocycles. The largest absolute Gasteiger partial charge is 1.00 e. The lowest BCUT2D eigenvalue weighted by Gasteiger charge is -2.35. The van der Waals surface area contributed by atoms with Crippen LogP contribution in [0.5, 0.6) is 5.75 Å². The van der Waals surface area contributed by atoms with Crippen LogP contribution in [-0.2, 0) is 4.79 Å². The number of halogens is 1. The topological polar surface area (TPSA) is 34.0 Å². The van der Waals surface area contributed by atoms with E-state index in [1.165, 1.54) is 4.90 Å². The molecule has 0 spiro atoms. The van der Waals surface area contributed by atoms with Gasteiger partial charge < -0.3 is 22.0 Å². The molecule has 0 aliphatic carbocycles. The van der Waals surface area contributed by atoms with Gasteiger partial charge in [-0.2, -0.15) is 0 Å². The third kappa shape index (κ3) is 3.25. The Morgan fingerprint density at radius 3 is 2.65 bits per heavy atom. The summed E-state index contributed by atoms with van der Waals surface area (Å²) in [6.07, 6.45) is -0.403. The van der Waals surface area contributed by atoms with E-state index >= 15 is 0 Å². The van der Waals surface area contributed by atoms with Crippen LogP contribution in [-0.4, -0.2) is 38.7 Å². The highest BCUT2D eigenvalue weighted by Crippen LogP contribution is 2.34. The first-order chi connectivity index (χ1) is 8.90. The highest BCUT2D eigenvalue weighted by Gasteiger charge is 2.33. The zero-order chi connectivity index (χ0) is 14.2. The predicted octanol–water partition coefficient (Wildman–Crippen LogP) is -2.35. The lowest BCUT2D eigenvalue weighted by Crippen LogP contribution is -3.10. The molecular formula is C15H23ClN2O2. The molecule has 2 rings (SSSR count). The molecule has 112 valence electrons. The average molecular weight is 299 g/mol. The summed E-state index contributed by atoms with van der Waals surface area (Å²) in [5.74, 6) is 0.852. The summed E-state index contributed by atoms with van der Waals surface area (Å²) in [7, 11) is 4.21. The normalized spacial score (nSPS) is 19.2. The van der Waals surface area contributed by atoms with Crippen LogP contribution in [0.25, 0.3) is 0 Å². The molecule has 1 amide bonds. The number of carbonyl (C=O) groups is 1. The molecule has 1 aromatic rings. The van der Waals surface area contributed by atoms with E-state index in [0.717, 1.165) is 17.0 Å². The molecule has 0 aromatic heterocycles. The van der Waals surface area contributed by atoms with Crippen molar-refractivity contribution in [2.75, 3.05) is 25.5 Å². The van der Waals surface area contributed by atoms with E-state index in [1.54, 1.807) is 0 Å². The molecule has 1 N–H and O–H groups in total. The summed E-state index contributed by atoms with van der Waals surface area (Å²) >= 11 is 0. The average Bonchev–Trinajstić information content (AvgIpc) is 2.35. The molecule has 0 bridgehead atoms. The second-order valence-electron chi connectivity index (χ2n) is 5.66. The lowest BCUT2D eigenvalue weighted by atomic mass is 10.1. The van der Waals surface area contributed by atoms with Crippen molar-refractivity contribution in [2.24, 2.45) is 0 Å². The van der Waals surface area contributed by atoms with E-state index in [9.17, 15) is 4.79 Å². The fourth-order valence-electron chi connectivity index (χ4n) is 2.16. The van der Waals surface area contributed by atoms with Gasteiger partial charge in [0.2, 0.25) is 0 Å². The molecule has 2 atom stereocenters. The highest BCUT2D eigenvalue weighted by molar-refractivity contribution is 5.99. The lowest BCUT2D eigenvalue weighted by molar-refractivity contribution is -0.881. The number of likely N-dealkylation sites (N-methyl/N-ethyl adjacent to an activating group) is 1. The van der Waals surface area contributed by atoms with Gasteiger partial charge in [-0.25, -0.2) is 0 Å². The fraction of sp³-hybridized carbons (Fsp3) is 0.533. The molecule has 1 aliphatic heterocycles. The van der Waals surface area contributed by atoms with Crippen molar-refractivity contribution >= 4 is 11.6 Å². The monoisotopic (exact) mass is 298 g/mol. The first kappa shape index (κ1) is 16.8. The van der Waals surface area contributed by atoms with Gasteiger partial charge in [0, 0.05) is 0 Å². The number of fused-ring (bicyclic) bond motifs is 1. The number of quaternary nitrogens is 1. The number of rotatable bonds is 3. The minimum atomic E-state index is -0.403. The van der Waals surface area contributed by atoms with Gasteiger partial charge in [-0.15, -0.1) is 0 Å². The van der Waals surface area contributed by atoms with Crippen molar-refractivity contribution in [3.05, 3.63) is 23.8 Å². The van der Waals surface area contributed by atoms with E-state index < -0.39 is 6.10 Å². The van der Waals surface area contributed by atoms with E-state index in [1.807, 2.05) is 36.9 Å². The molecule has 0 fully saturated rings. The first-order valence-electron chi connectivity index (χ1n) is 6.79. The van der Waals surface area contributed by atoms with E-state index in [0.29, 0.717) is 12.6 Å². The maximum absolute atomic E-state index is 12.3. The zero-order valence-electron chi connectivity index (χ0n) is 12.7. The van der Waals surface area contributed by atoms with Crippen LogP contribution < -0.4 is 26.9 Å². The predicted molar refractivity (Wildman–Crippen MR) is 75.9 cm³/mol. The summed E-state index contributed by atoms with van der Waals surface area (Å²) in [6, 6.07) is 6.37. The van der Waals surface area contributed by atoms with Crippen LogP contribution in [0.1, 0.15) is 19.4 Å². The number of benzene rings is 1. The van der Waals surface area contributed by atoms with Crippen molar-refractivity contribution in [2.45, 2.75) is 32.9 Å². The van der Waals surface area contributed by atoms with Gasteiger partial charge in [0.25, 0.3) is 5.91 Å². The van der Waals surface area contributed by atoms with Crippen LogP contribution in [0.4, 0.5) is 5.69 Å². The minimum absolute atomic E-state index is 0. The number of carbonyl (C=O) groups excluding carboxylic acids is 1. The number of hydrogen-bond donors (Lipinski definition) is 1. The first-order valence-corrected chi connectivity index (χ1v) is 6.79. The maximum Gasteiger partial charge on any atom is 0.268 e. The molecule has 5 heteroatoms. The zero-order valence-corrected chi connectivity index (χ0v) is 13.5. The van der Waals surface area contributed by atoms with E-state index in [4.69, 9.17) is 4.74 Å². The molecule has 0 saturated carbocycles. The molecular weight excluding hydrogens is 276 g/mol. The Hall–Kier alpha value is -1.26. The quantitative estimate of drug-likeness (QED) is 0.678. The number of anilines is 1. The van der Waals surface area contributed by atoms with E-state index in [-0.39, 0.29) is 18.3 Å². The molecule has 0 saturated heterocycles. The van der Waals surface area contributed by atoms with Crippen molar-refractivity contribution < 1.29 is 26.8 Å². The Bertz CT molecular complexity index is 491. The Balaban J connectivity index is 0.00000200. The number of ether oxygens (including phenoxy) is 1. The molecule has 1 aliphatic rings. The van der Waals surface area contributed by atoms with Crippen molar-refractivity contribution in [1.29, 1.82) is 0 Å². The molecule has 2 unspecified atom stereocenters. The Kier molecular flexibility index (Phi) is 5.42. The van der Waals surface area contributed by atoms with Gasteiger partial charge in [-0.05, 0) is 38.5 Å². The fourth-order valence-corrected chi connectivity index (χ4v) is 2.16. The summed E-state index contributed by atoms with van der Waals surface area (Å²) in [5, 5.41) is 0. The molecule has 20 heavy (non-hydrogen) atoms. The van der Waals surface area contributed by atoms with Gasteiger partial charge in [0.1, 0.15) is 11.8 Å². The van der Waals surface area contributed by atoms with Crippen molar-refractivity contribution in [3.8, 4) is 5.75 Å². The third-order valence-corrected chi connectivity index (χ3v) is 3.76. The second kappa shape index (κ2) is 6.46. The van der Waals surface area contributed by atoms with Crippen LogP contribution in [0.3, 0.4) is 0 Å².